The van der Waals surface area contributed by atoms with Crippen LogP contribution in [0.2, 0.25) is 0 Å². The topological polar surface area (TPSA) is 137 Å². The van der Waals surface area contributed by atoms with Gasteiger partial charge in [0.2, 0.25) is 16.9 Å². The van der Waals surface area contributed by atoms with Crippen LogP contribution < -0.4 is 21.5 Å². The molecule has 192 valence electrons. The highest BCUT2D eigenvalue weighted by atomic mass is 32.1. The first-order valence-electron chi connectivity index (χ1n) is 11.9. The summed E-state index contributed by atoms with van der Waals surface area (Å²) in [5.41, 5.74) is 1.64. The summed E-state index contributed by atoms with van der Waals surface area (Å²) in [4.78, 5) is 56.0. The van der Waals surface area contributed by atoms with Gasteiger partial charge in [-0.25, -0.2) is 9.78 Å². The van der Waals surface area contributed by atoms with Gasteiger partial charge in [0.15, 0.2) is 11.2 Å². The van der Waals surface area contributed by atoms with Gasteiger partial charge in [-0.1, -0.05) is 36.5 Å². The minimum atomic E-state index is -0.466. The van der Waals surface area contributed by atoms with Crippen molar-refractivity contribution in [1.29, 1.82) is 0 Å². The lowest BCUT2D eigenvalue weighted by Crippen LogP contribution is -2.37. The van der Waals surface area contributed by atoms with E-state index in [2.05, 4.69) is 27.4 Å². The highest BCUT2D eigenvalue weighted by Gasteiger charge is 2.34. The smallest absolute Gasteiger partial charge is 0.324 e. The van der Waals surface area contributed by atoms with Crippen LogP contribution in [0.15, 0.2) is 40.2 Å². The number of carbonyl (C=O) groups excluding carboxylic acids is 2. The Morgan fingerprint density at radius 1 is 1.14 bits per heavy atom. The summed E-state index contributed by atoms with van der Waals surface area (Å²) >= 11 is 1.26. The fourth-order valence-electron chi connectivity index (χ4n) is 4.60. The van der Waals surface area contributed by atoms with Crippen LogP contribution in [0.25, 0.3) is 11.2 Å². The number of aryl methyl sites for hydroxylation is 3. The number of imidazole rings is 1. The number of hydrogen-bond acceptors (Lipinski definition) is 8. The average Bonchev–Trinajstić information content (AvgIpc) is 3.63. The molecule has 1 aromatic carbocycles. The number of hydrogen-bond donors (Lipinski definition) is 1. The number of aromatic nitrogens is 6. The number of nitrogens with zero attached hydrogens (tertiary/aromatic N) is 7. The lowest BCUT2D eigenvalue weighted by atomic mass is 10.1. The molecule has 0 radical (unpaired) electrons. The van der Waals surface area contributed by atoms with Crippen molar-refractivity contribution < 1.29 is 9.59 Å². The van der Waals surface area contributed by atoms with E-state index in [1.807, 2.05) is 24.3 Å². The zero-order valence-corrected chi connectivity index (χ0v) is 21.5. The summed E-state index contributed by atoms with van der Waals surface area (Å²) in [6.45, 7) is 2.78. The zero-order valence-electron chi connectivity index (χ0n) is 20.7. The minimum Gasteiger partial charge on any atom is -0.324 e. The van der Waals surface area contributed by atoms with Gasteiger partial charge in [0.05, 0.1) is 6.33 Å². The molecule has 0 spiro atoms. The molecule has 1 atom stereocenters. The van der Waals surface area contributed by atoms with Gasteiger partial charge in [-0.05, 0) is 18.1 Å². The number of anilines is 2. The third kappa shape index (κ3) is 4.46. The Kier molecular flexibility index (Phi) is 6.46. The molecule has 1 saturated heterocycles. The van der Waals surface area contributed by atoms with Crippen molar-refractivity contribution in [3.8, 4) is 0 Å². The zero-order chi connectivity index (χ0) is 26.3. The Hall–Kier alpha value is -4.13. The Morgan fingerprint density at radius 3 is 2.70 bits per heavy atom. The SMILES string of the molecule is CCc1ccccc1N1CC(c2nnc(NC(=O)CCn3cnc4c3c(=O)n(C)c(=O)n4C)s2)CC1=O. The summed E-state index contributed by atoms with van der Waals surface area (Å²) in [6, 6.07) is 7.89. The van der Waals surface area contributed by atoms with Crippen molar-refractivity contribution in [2.75, 3.05) is 16.8 Å². The summed E-state index contributed by atoms with van der Waals surface area (Å²) in [7, 11) is 2.95. The fraction of sp³-hybridized carbons (Fsp3) is 0.375. The molecule has 4 aromatic rings. The van der Waals surface area contributed by atoms with Crippen molar-refractivity contribution in [1.82, 2.24) is 28.9 Å². The molecule has 1 fully saturated rings. The predicted molar refractivity (Wildman–Crippen MR) is 139 cm³/mol. The Bertz CT molecular complexity index is 1630. The summed E-state index contributed by atoms with van der Waals surface area (Å²) in [5.74, 6) is -0.351. The van der Waals surface area contributed by atoms with E-state index in [4.69, 9.17) is 0 Å². The fourth-order valence-corrected chi connectivity index (χ4v) is 5.45. The van der Waals surface area contributed by atoms with E-state index in [0.29, 0.717) is 23.1 Å². The number of para-hydroxylation sites is 1. The monoisotopic (exact) mass is 522 g/mol. The van der Waals surface area contributed by atoms with Gasteiger partial charge in [0, 0.05) is 51.6 Å². The van der Waals surface area contributed by atoms with E-state index < -0.39 is 11.2 Å². The molecule has 1 aliphatic rings. The van der Waals surface area contributed by atoms with Gasteiger partial charge in [-0.15, -0.1) is 10.2 Å². The van der Waals surface area contributed by atoms with Crippen molar-refractivity contribution in [2.45, 2.75) is 38.6 Å². The van der Waals surface area contributed by atoms with Gasteiger partial charge >= 0.3 is 5.69 Å². The molecular weight excluding hydrogens is 496 g/mol. The van der Waals surface area contributed by atoms with Gasteiger partial charge in [0.25, 0.3) is 5.56 Å². The molecule has 0 aliphatic carbocycles. The lowest BCUT2D eigenvalue weighted by Gasteiger charge is -2.19. The number of benzene rings is 1. The maximum Gasteiger partial charge on any atom is 0.332 e. The standard InChI is InChI=1S/C24H26N8O4S/c1-4-14-7-5-6-8-16(14)32-12-15(11-18(32)34)21-27-28-23(37-21)26-17(33)9-10-31-13-25-20-19(31)22(35)30(3)24(36)29(20)2/h5-8,13,15H,4,9-12H2,1-3H3,(H,26,28,33). The second kappa shape index (κ2) is 9.73. The molecule has 2 amide bonds. The first-order valence-corrected chi connectivity index (χ1v) is 12.7. The molecule has 5 rings (SSSR count). The maximum atomic E-state index is 12.7. The molecule has 12 nitrogen and oxygen atoms in total. The van der Waals surface area contributed by atoms with Crippen LogP contribution in [0, 0.1) is 0 Å². The maximum absolute atomic E-state index is 12.7. The molecule has 37 heavy (non-hydrogen) atoms. The quantitative estimate of drug-likeness (QED) is 0.387. The van der Waals surface area contributed by atoms with Crippen LogP contribution in [0.5, 0.6) is 0 Å². The van der Waals surface area contributed by atoms with E-state index in [1.54, 1.807) is 16.5 Å². The van der Waals surface area contributed by atoms with E-state index in [9.17, 15) is 19.2 Å². The average molecular weight is 523 g/mol. The van der Waals surface area contributed by atoms with E-state index in [0.717, 1.165) is 22.2 Å². The molecule has 13 heteroatoms. The Balaban J connectivity index is 1.24. The highest BCUT2D eigenvalue weighted by molar-refractivity contribution is 7.15. The molecule has 1 aliphatic heterocycles. The molecule has 3 aromatic heterocycles. The van der Waals surface area contributed by atoms with Gasteiger partial charge in [-0.2, -0.15) is 0 Å². The summed E-state index contributed by atoms with van der Waals surface area (Å²) in [6.07, 6.45) is 2.68. The van der Waals surface area contributed by atoms with Crippen molar-refractivity contribution in [2.24, 2.45) is 14.1 Å². The van der Waals surface area contributed by atoms with Crippen LogP contribution in [0.1, 0.15) is 36.3 Å². The summed E-state index contributed by atoms with van der Waals surface area (Å²) in [5, 5.41) is 12.1. The van der Waals surface area contributed by atoms with Crippen LogP contribution in [0.3, 0.4) is 0 Å². The first kappa shape index (κ1) is 24.6. The number of nitrogens with one attached hydrogen (secondary N) is 1. The first-order chi connectivity index (χ1) is 17.8. The second-order valence-electron chi connectivity index (χ2n) is 8.95. The van der Waals surface area contributed by atoms with Crippen LogP contribution >= 0.6 is 11.3 Å². The van der Waals surface area contributed by atoms with Crippen LogP contribution in [-0.2, 0) is 36.6 Å². The molecule has 1 unspecified atom stereocenters. The molecule has 0 bridgehead atoms. The number of carbonyl (C=O) groups is 2. The van der Waals surface area contributed by atoms with Gasteiger partial charge < -0.3 is 14.8 Å². The third-order valence-electron chi connectivity index (χ3n) is 6.62. The van der Waals surface area contributed by atoms with Gasteiger partial charge in [-0.3, -0.25) is 23.5 Å². The Labute approximate surface area is 215 Å². The predicted octanol–water partition coefficient (Wildman–Crippen LogP) is 1.40. The van der Waals surface area contributed by atoms with E-state index >= 15 is 0 Å². The summed E-state index contributed by atoms with van der Waals surface area (Å²) < 4.78 is 3.87. The molecular formula is C24H26N8O4S. The Morgan fingerprint density at radius 2 is 1.92 bits per heavy atom. The van der Waals surface area contributed by atoms with Gasteiger partial charge in [0.1, 0.15) is 5.01 Å². The van der Waals surface area contributed by atoms with Crippen LogP contribution in [0.4, 0.5) is 10.8 Å². The normalized spacial score (nSPS) is 15.6. The third-order valence-corrected chi connectivity index (χ3v) is 7.62. The van der Waals surface area contributed by atoms with Crippen molar-refractivity contribution in [3.63, 3.8) is 0 Å². The highest BCUT2D eigenvalue weighted by Crippen LogP contribution is 2.35. The lowest BCUT2D eigenvalue weighted by molar-refractivity contribution is -0.117. The number of rotatable bonds is 7. The largest absolute Gasteiger partial charge is 0.332 e. The molecule has 1 N–H and O–H groups in total. The van der Waals surface area contributed by atoms with Crippen molar-refractivity contribution in [3.05, 3.63) is 62.0 Å². The van der Waals surface area contributed by atoms with E-state index in [-0.39, 0.29) is 41.9 Å². The van der Waals surface area contributed by atoms with E-state index in [1.165, 1.54) is 29.3 Å². The number of amides is 2. The molecule has 0 saturated carbocycles. The van der Waals surface area contributed by atoms with Crippen LogP contribution in [-0.4, -0.2) is 47.2 Å². The second-order valence-corrected chi connectivity index (χ2v) is 9.96. The number of fused-ring (bicyclic) bond motifs is 1. The molecule has 4 heterocycles. The van der Waals surface area contributed by atoms with Crippen molar-refractivity contribution >= 4 is 45.1 Å². The minimum absolute atomic E-state index is 0.0443.